The number of benzene rings is 2. The molecule has 0 atom stereocenters. The Balaban J connectivity index is 2.22. The molecule has 2 rings (SSSR count). The van der Waals surface area contributed by atoms with Crippen LogP contribution in [0.5, 0.6) is 5.75 Å². The quantitative estimate of drug-likeness (QED) is 0.897. The lowest BCUT2D eigenvalue weighted by Gasteiger charge is -2.08. The van der Waals surface area contributed by atoms with Gasteiger partial charge in [0.05, 0.1) is 13.7 Å². The first kappa shape index (κ1) is 12.0. The molecule has 0 saturated heterocycles. The Labute approximate surface area is 105 Å². The molecule has 17 heavy (non-hydrogen) atoms. The molecule has 2 nitrogen and oxygen atoms in total. The van der Waals surface area contributed by atoms with E-state index in [1.807, 2.05) is 36.4 Å². The van der Waals surface area contributed by atoms with E-state index >= 15 is 0 Å². The van der Waals surface area contributed by atoms with Gasteiger partial charge in [-0.05, 0) is 24.3 Å². The lowest BCUT2D eigenvalue weighted by molar-refractivity contribution is 0.273. The number of aliphatic hydroxyl groups is 1. The highest BCUT2D eigenvalue weighted by Crippen LogP contribution is 2.31. The van der Waals surface area contributed by atoms with Crippen molar-refractivity contribution in [3.63, 3.8) is 0 Å². The van der Waals surface area contributed by atoms with Gasteiger partial charge in [-0.15, -0.1) is 0 Å². The molecule has 0 aromatic heterocycles. The predicted molar refractivity (Wildman–Crippen MR) is 69.5 cm³/mol. The lowest BCUT2D eigenvalue weighted by atomic mass is 10.2. The molecule has 2 aromatic carbocycles. The van der Waals surface area contributed by atoms with Crippen LogP contribution in [-0.2, 0) is 6.61 Å². The maximum Gasteiger partial charge on any atom is 0.125 e. The minimum Gasteiger partial charge on any atom is -0.496 e. The van der Waals surface area contributed by atoms with Crippen molar-refractivity contribution >= 4 is 11.8 Å². The number of ether oxygens (including phenoxy) is 1. The van der Waals surface area contributed by atoms with Gasteiger partial charge in [-0.25, -0.2) is 0 Å². The summed E-state index contributed by atoms with van der Waals surface area (Å²) in [5.74, 6) is 0.730. The van der Waals surface area contributed by atoms with Gasteiger partial charge in [0, 0.05) is 15.4 Å². The highest BCUT2D eigenvalue weighted by Gasteiger charge is 2.04. The summed E-state index contributed by atoms with van der Waals surface area (Å²) in [5.41, 5.74) is 0.810. The van der Waals surface area contributed by atoms with Crippen molar-refractivity contribution in [1.29, 1.82) is 0 Å². The van der Waals surface area contributed by atoms with Crippen LogP contribution in [0.3, 0.4) is 0 Å². The van der Waals surface area contributed by atoms with E-state index < -0.39 is 0 Å². The van der Waals surface area contributed by atoms with E-state index in [1.165, 1.54) is 4.90 Å². The molecule has 0 spiro atoms. The zero-order valence-corrected chi connectivity index (χ0v) is 10.4. The van der Waals surface area contributed by atoms with E-state index in [0.29, 0.717) is 0 Å². The van der Waals surface area contributed by atoms with Crippen molar-refractivity contribution in [2.75, 3.05) is 7.11 Å². The van der Waals surface area contributed by atoms with Crippen LogP contribution in [-0.4, -0.2) is 12.2 Å². The van der Waals surface area contributed by atoms with Crippen LogP contribution in [0.2, 0.25) is 0 Å². The highest BCUT2D eigenvalue weighted by atomic mass is 32.2. The zero-order chi connectivity index (χ0) is 12.1. The summed E-state index contributed by atoms with van der Waals surface area (Å²) >= 11 is 1.67. The fourth-order valence-electron chi connectivity index (χ4n) is 1.54. The smallest absolute Gasteiger partial charge is 0.125 e. The second-order valence-electron chi connectivity index (χ2n) is 3.55. The number of rotatable bonds is 4. The van der Waals surface area contributed by atoms with Gasteiger partial charge in [0.2, 0.25) is 0 Å². The number of hydrogen-bond donors (Lipinski definition) is 1. The molecule has 0 heterocycles. The minimum absolute atomic E-state index is 0.000539. The topological polar surface area (TPSA) is 29.5 Å². The Bertz CT molecular complexity index is 483. The van der Waals surface area contributed by atoms with Crippen LogP contribution >= 0.6 is 11.8 Å². The third-order valence-corrected chi connectivity index (χ3v) is 3.41. The Morgan fingerprint density at radius 1 is 1.06 bits per heavy atom. The van der Waals surface area contributed by atoms with Gasteiger partial charge >= 0.3 is 0 Å². The first-order valence-corrected chi connectivity index (χ1v) is 6.16. The van der Waals surface area contributed by atoms with Gasteiger partial charge in [-0.2, -0.15) is 0 Å². The van der Waals surface area contributed by atoms with Crippen molar-refractivity contribution in [2.45, 2.75) is 16.4 Å². The maximum atomic E-state index is 9.14. The first-order chi connectivity index (χ1) is 8.33. The van der Waals surface area contributed by atoms with Crippen molar-refractivity contribution in [2.24, 2.45) is 0 Å². The molecule has 2 aromatic rings. The van der Waals surface area contributed by atoms with Crippen LogP contribution in [0.4, 0.5) is 0 Å². The fraction of sp³-hybridized carbons (Fsp3) is 0.143. The Morgan fingerprint density at radius 3 is 2.47 bits per heavy atom. The van der Waals surface area contributed by atoms with Crippen molar-refractivity contribution in [3.8, 4) is 5.75 Å². The van der Waals surface area contributed by atoms with Crippen LogP contribution in [0.25, 0.3) is 0 Å². The van der Waals surface area contributed by atoms with E-state index in [0.717, 1.165) is 16.2 Å². The number of methoxy groups -OCH3 is 1. The maximum absolute atomic E-state index is 9.14. The summed E-state index contributed by atoms with van der Waals surface area (Å²) in [7, 11) is 1.62. The van der Waals surface area contributed by atoms with Crippen LogP contribution in [0.15, 0.2) is 58.3 Å². The van der Waals surface area contributed by atoms with Crippen LogP contribution < -0.4 is 4.74 Å². The molecule has 0 aliphatic carbocycles. The number of hydrogen-bond acceptors (Lipinski definition) is 3. The summed E-state index contributed by atoms with van der Waals surface area (Å²) in [4.78, 5) is 2.29. The van der Waals surface area contributed by atoms with E-state index in [2.05, 4.69) is 12.1 Å². The average molecular weight is 246 g/mol. The molecule has 0 fully saturated rings. The van der Waals surface area contributed by atoms with Gasteiger partial charge in [-0.3, -0.25) is 0 Å². The molecule has 0 unspecified atom stereocenters. The molecule has 0 radical (unpaired) electrons. The Kier molecular flexibility index (Phi) is 4.07. The molecule has 88 valence electrons. The molecule has 1 N–H and O–H groups in total. The molecule has 0 saturated carbocycles. The van der Waals surface area contributed by atoms with Crippen LogP contribution in [0, 0.1) is 0 Å². The molecule has 0 amide bonds. The van der Waals surface area contributed by atoms with Crippen molar-refractivity contribution in [1.82, 2.24) is 0 Å². The van der Waals surface area contributed by atoms with Gasteiger partial charge in [0.25, 0.3) is 0 Å². The van der Waals surface area contributed by atoms with Gasteiger partial charge in [0.15, 0.2) is 0 Å². The average Bonchev–Trinajstić information content (AvgIpc) is 2.40. The van der Waals surface area contributed by atoms with Gasteiger partial charge < -0.3 is 9.84 Å². The molecule has 0 bridgehead atoms. The second-order valence-corrected chi connectivity index (χ2v) is 4.69. The molecule has 3 heteroatoms. The third-order valence-electron chi connectivity index (χ3n) is 2.41. The SMILES string of the molecule is COc1cc(Sc2ccccc2)ccc1CO. The summed E-state index contributed by atoms with van der Waals surface area (Å²) in [5, 5.41) is 9.14. The minimum atomic E-state index is -0.000539. The van der Waals surface area contributed by atoms with Gasteiger partial charge in [-0.1, -0.05) is 36.0 Å². The van der Waals surface area contributed by atoms with E-state index in [1.54, 1.807) is 18.9 Å². The zero-order valence-electron chi connectivity index (χ0n) is 9.59. The van der Waals surface area contributed by atoms with E-state index in [-0.39, 0.29) is 6.61 Å². The fourth-order valence-corrected chi connectivity index (χ4v) is 2.41. The Morgan fingerprint density at radius 2 is 1.82 bits per heavy atom. The van der Waals surface area contributed by atoms with Crippen molar-refractivity contribution in [3.05, 3.63) is 54.1 Å². The highest BCUT2D eigenvalue weighted by molar-refractivity contribution is 7.99. The number of aliphatic hydroxyl groups excluding tert-OH is 1. The summed E-state index contributed by atoms with van der Waals surface area (Å²) < 4.78 is 5.24. The third kappa shape index (κ3) is 3.02. The molecular formula is C14H14O2S. The monoisotopic (exact) mass is 246 g/mol. The van der Waals surface area contributed by atoms with Crippen LogP contribution in [0.1, 0.15) is 5.56 Å². The lowest BCUT2D eigenvalue weighted by Crippen LogP contribution is -1.91. The Hall–Kier alpha value is -1.45. The first-order valence-electron chi connectivity index (χ1n) is 5.34. The second kappa shape index (κ2) is 5.75. The molecular weight excluding hydrogens is 232 g/mol. The van der Waals surface area contributed by atoms with Crippen molar-refractivity contribution < 1.29 is 9.84 Å². The van der Waals surface area contributed by atoms with Gasteiger partial charge in [0.1, 0.15) is 5.75 Å². The predicted octanol–water partition coefficient (Wildman–Crippen LogP) is 3.34. The largest absolute Gasteiger partial charge is 0.496 e. The standard InChI is InChI=1S/C14H14O2S/c1-16-14-9-13(8-7-11(14)10-15)17-12-5-3-2-4-6-12/h2-9,15H,10H2,1H3. The molecule has 0 aliphatic rings. The van der Waals surface area contributed by atoms with E-state index in [4.69, 9.17) is 9.84 Å². The summed E-state index contributed by atoms with van der Waals surface area (Å²) in [6.45, 7) is -0.000539. The summed E-state index contributed by atoms with van der Waals surface area (Å²) in [6, 6.07) is 16.0. The van der Waals surface area contributed by atoms with E-state index in [9.17, 15) is 0 Å². The molecule has 0 aliphatic heterocycles. The normalized spacial score (nSPS) is 10.2. The summed E-state index contributed by atoms with van der Waals surface area (Å²) in [6.07, 6.45) is 0.